The molecule has 1 N–H and O–H groups in total. The molecule has 7 nitrogen and oxygen atoms in total. The molecule has 0 heterocycles. The van der Waals surface area contributed by atoms with Crippen molar-refractivity contribution in [1.82, 2.24) is 4.31 Å². The number of aliphatic carboxylic acids is 1. The van der Waals surface area contributed by atoms with Crippen LogP contribution in [0.5, 0.6) is 0 Å². The van der Waals surface area contributed by atoms with Gasteiger partial charge in [0.2, 0.25) is 10.0 Å². The molecule has 100 valence electrons. The molecule has 0 aliphatic carbocycles. The average molecular weight is 267 g/mol. The van der Waals surface area contributed by atoms with Crippen LogP contribution < -0.4 is 0 Å². The minimum atomic E-state index is -4.01. The molecule has 0 aromatic rings. The summed E-state index contributed by atoms with van der Waals surface area (Å²) in [5.41, 5.74) is -1.62. The molecule has 0 atom stereocenters. The minimum absolute atomic E-state index is 0.0698. The number of ether oxygens (including phenoxy) is 1. The summed E-state index contributed by atoms with van der Waals surface area (Å²) in [5.74, 6) is -3.07. The fourth-order valence-corrected chi connectivity index (χ4v) is 2.28. The molecule has 0 aliphatic heterocycles. The second-order valence-electron chi connectivity index (χ2n) is 3.89. The van der Waals surface area contributed by atoms with Crippen molar-refractivity contribution in [1.29, 1.82) is 0 Å². The third-order valence-corrected chi connectivity index (χ3v) is 4.22. The molecule has 0 unspecified atom stereocenters. The van der Waals surface area contributed by atoms with Crippen LogP contribution in [-0.2, 0) is 24.3 Å². The summed E-state index contributed by atoms with van der Waals surface area (Å²) in [7, 11) is -2.89. The van der Waals surface area contributed by atoms with Gasteiger partial charge in [0, 0.05) is 7.05 Å². The molecule has 0 aromatic heterocycles. The predicted molar refractivity (Wildman–Crippen MR) is 59.9 cm³/mol. The first-order valence-corrected chi connectivity index (χ1v) is 6.52. The summed E-state index contributed by atoms with van der Waals surface area (Å²) in [4.78, 5) is 22.0. The topological polar surface area (TPSA) is 101 Å². The summed E-state index contributed by atoms with van der Waals surface area (Å²) < 4.78 is 28.6. The van der Waals surface area contributed by atoms with Gasteiger partial charge in [0.25, 0.3) is 0 Å². The van der Waals surface area contributed by atoms with E-state index in [0.29, 0.717) is 4.31 Å². The molecule has 0 radical (unpaired) electrons. The first-order chi connectivity index (χ1) is 7.55. The van der Waals surface area contributed by atoms with E-state index in [0.717, 1.165) is 7.05 Å². The Bertz CT molecular complexity index is 400. The number of esters is 1. The highest BCUT2D eigenvalue weighted by molar-refractivity contribution is 7.89. The van der Waals surface area contributed by atoms with E-state index in [1.807, 2.05) is 0 Å². The summed E-state index contributed by atoms with van der Waals surface area (Å²) in [6.07, 6.45) is 0. The SMILES string of the molecule is CCOC(=O)CS(=O)(=O)N(C)C(C)(C)C(=O)O. The molecule has 17 heavy (non-hydrogen) atoms. The molecule has 0 fully saturated rings. The van der Waals surface area contributed by atoms with Crippen LogP contribution in [0.2, 0.25) is 0 Å². The van der Waals surface area contributed by atoms with E-state index in [1.54, 1.807) is 6.92 Å². The lowest BCUT2D eigenvalue weighted by molar-refractivity contribution is -0.146. The number of carboxylic acid groups (broad SMARTS) is 1. The minimum Gasteiger partial charge on any atom is -0.480 e. The highest BCUT2D eigenvalue weighted by Gasteiger charge is 2.40. The summed E-state index contributed by atoms with van der Waals surface area (Å²) >= 11 is 0. The third kappa shape index (κ3) is 3.97. The molecule has 0 rings (SSSR count). The number of carbonyl (C=O) groups is 2. The maximum absolute atomic E-state index is 11.7. The van der Waals surface area contributed by atoms with Gasteiger partial charge in [-0.3, -0.25) is 9.59 Å². The first kappa shape index (κ1) is 15.9. The first-order valence-electron chi connectivity index (χ1n) is 4.91. The standard InChI is InChI=1S/C9H17NO6S/c1-5-16-7(11)6-17(14,15)10(4)9(2,3)8(12)13/h5-6H2,1-4H3,(H,12,13). The highest BCUT2D eigenvalue weighted by Crippen LogP contribution is 2.17. The number of carbonyl (C=O) groups excluding carboxylic acids is 1. The van der Waals surface area contributed by atoms with Gasteiger partial charge < -0.3 is 9.84 Å². The molecule has 0 saturated carbocycles. The van der Waals surface area contributed by atoms with Gasteiger partial charge in [-0.05, 0) is 20.8 Å². The lowest BCUT2D eigenvalue weighted by Crippen LogP contribution is -2.52. The molecular weight excluding hydrogens is 250 g/mol. The van der Waals surface area contributed by atoms with E-state index in [-0.39, 0.29) is 6.61 Å². The number of sulfonamides is 1. The number of hydrogen-bond donors (Lipinski definition) is 1. The number of nitrogens with zero attached hydrogens (tertiary/aromatic N) is 1. The second-order valence-corrected chi connectivity index (χ2v) is 5.89. The van der Waals surface area contributed by atoms with Crippen LogP contribution in [0.1, 0.15) is 20.8 Å². The van der Waals surface area contributed by atoms with Crippen molar-refractivity contribution in [2.75, 3.05) is 19.4 Å². The predicted octanol–water partition coefficient (Wildman–Crippen LogP) is -0.326. The number of rotatable bonds is 6. The Labute approximate surface area is 100 Å². The van der Waals surface area contributed by atoms with Gasteiger partial charge in [0.1, 0.15) is 5.54 Å². The molecule has 0 amide bonds. The van der Waals surface area contributed by atoms with Gasteiger partial charge in [-0.25, -0.2) is 8.42 Å². The van der Waals surface area contributed by atoms with Crippen molar-refractivity contribution in [2.24, 2.45) is 0 Å². The van der Waals surface area contributed by atoms with E-state index >= 15 is 0 Å². The monoisotopic (exact) mass is 267 g/mol. The van der Waals surface area contributed by atoms with Gasteiger partial charge in [0.15, 0.2) is 5.75 Å². The van der Waals surface area contributed by atoms with Gasteiger partial charge >= 0.3 is 11.9 Å². The maximum Gasteiger partial charge on any atom is 0.324 e. The average Bonchev–Trinajstić information content (AvgIpc) is 2.15. The number of carboxylic acids is 1. The van der Waals surface area contributed by atoms with Crippen molar-refractivity contribution < 1.29 is 27.9 Å². The van der Waals surface area contributed by atoms with Crippen molar-refractivity contribution >= 4 is 22.0 Å². The second kappa shape index (κ2) is 5.46. The van der Waals surface area contributed by atoms with E-state index in [2.05, 4.69) is 4.74 Å². The molecule has 8 heteroatoms. The van der Waals surface area contributed by atoms with Gasteiger partial charge in [0.05, 0.1) is 6.61 Å². The van der Waals surface area contributed by atoms with Gasteiger partial charge in [-0.1, -0.05) is 0 Å². The zero-order chi connectivity index (χ0) is 13.9. The quantitative estimate of drug-likeness (QED) is 0.661. The van der Waals surface area contributed by atoms with Crippen molar-refractivity contribution in [3.8, 4) is 0 Å². The number of hydrogen-bond acceptors (Lipinski definition) is 5. The summed E-state index contributed by atoms with van der Waals surface area (Å²) in [6.45, 7) is 4.09. The van der Waals surface area contributed by atoms with E-state index < -0.39 is 33.3 Å². The van der Waals surface area contributed by atoms with Crippen LogP contribution in [0.3, 0.4) is 0 Å². The Morgan fingerprint density at radius 1 is 1.35 bits per heavy atom. The van der Waals surface area contributed by atoms with Gasteiger partial charge in [-0.15, -0.1) is 0 Å². The zero-order valence-electron chi connectivity index (χ0n) is 10.3. The van der Waals surface area contributed by atoms with Crippen LogP contribution in [0, 0.1) is 0 Å². The zero-order valence-corrected chi connectivity index (χ0v) is 11.1. The van der Waals surface area contributed by atoms with E-state index in [9.17, 15) is 18.0 Å². The lowest BCUT2D eigenvalue weighted by atomic mass is 10.1. The molecule has 0 aromatic carbocycles. The molecule has 0 bridgehead atoms. The number of likely N-dealkylation sites (N-methyl/N-ethyl adjacent to an activating group) is 1. The smallest absolute Gasteiger partial charge is 0.324 e. The molecule has 0 spiro atoms. The Morgan fingerprint density at radius 3 is 2.18 bits per heavy atom. The van der Waals surface area contributed by atoms with Crippen LogP contribution in [0.4, 0.5) is 0 Å². The third-order valence-electron chi connectivity index (χ3n) is 2.33. The fourth-order valence-electron chi connectivity index (χ4n) is 0.931. The van der Waals surface area contributed by atoms with Crippen LogP contribution in [0.25, 0.3) is 0 Å². The van der Waals surface area contributed by atoms with Crippen LogP contribution in [0.15, 0.2) is 0 Å². The van der Waals surface area contributed by atoms with Crippen LogP contribution in [-0.4, -0.2) is 54.7 Å². The Kier molecular flexibility index (Phi) is 5.09. The lowest BCUT2D eigenvalue weighted by Gasteiger charge is -2.30. The Hall–Kier alpha value is -1.15. The van der Waals surface area contributed by atoms with Crippen molar-refractivity contribution in [3.63, 3.8) is 0 Å². The molecular formula is C9H17NO6S. The summed E-state index contributed by atoms with van der Waals surface area (Å²) in [5, 5.41) is 8.89. The van der Waals surface area contributed by atoms with Crippen molar-refractivity contribution in [3.05, 3.63) is 0 Å². The van der Waals surface area contributed by atoms with Crippen molar-refractivity contribution in [2.45, 2.75) is 26.3 Å². The maximum atomic E-state index is 11.7. The van der Waals surface area contributed by atoms with Gasteiger partial charge in [-0.2, -0.15) is 4.31 Å². The van der Waals surface area contributed by atoms with E-state index in [4.69, 9.17) is 5.11 Å². The molecule has 0 saturated heterocycles. The highest BCUT2D eigenvalue weighted by atomic mass is 32.2. The fraction of sp³-hybridized carbons (Fsp3) is 0.778. The summed E-state index contributed by atoms with van der Waals surface area (Å²) in [6, 6.07) is 0. The Morgan fingerprint density at radius 2 is 1.82 bits per heavy atom. The largest absolute Gasteiger partial charge is 0.480 e. The van der Waals surface area contributed by atoms with Crippen LogP contribution >= 0.6 is 0 Å². The Balaban J connectivity index is 4.96. The van der Waals surface area contributed by atoms with E-state index in [1.165, 1.54) is 13.8 Å². The molecule has 0 aliphatic rings. The normalized spacial score (nSPS) is 12.5.